The summed E-state index contributed by atoms with van der Waals surface area (Å²) in [6.45, 7) is 0. The number of halogens is 5. The van der Waals surface area contributed by atoms with Gasteiger partial charge in [-0.2, -0.15) is 0 Å². The van der Waals surface area contributed by atoms with Crippen LogP contribution in [0.3, 0.4) is 0 Å². The summed E-state index contributed by atoms with van der Waals surface area (Å²) in [6.07, 6.45) is 5.10. The Bertz CT molecular complexity index is 651. The molecule has 0 heterocycles. The Balaban J connectivity index is 2.72. The van der Waals surface area contributed by atoms with E-state index in [0.717, 1.165) is 0 Å². The van der Waals surface area contributed by atoms with E-state index in [9.17, 15) is 22.0 Å². The zero-order valence-corrected chi connectivity index (χ0v) is 9.28. The van der Waals surface area contributed by atoms with Crippen molar-refractivity contribution >= 4 is 0 Å². The fourth-order valence-corrected chi connectivity index (χ4v) is 1.59. The Labute approximate surface area is 105 Å². The van der Waals surface area contributed by atoms with Crippen LogP contribution in [0, 0.1) is 41.4 Å². The molecule has 0 atom stereocenters. The summed E-state index contributed by atoms with van der Waals surface area (Å²) in [6, 6.07) is 5.06. The maximum absolute atomic E-state index is 13.5. The highest BCUT2D eigenvalue weighted by molar-refractivity contribution is 5.66. The zero-order chi connectivity index (χ0) is 14.2. The van der Waals surface area contributed by atoms with Gasteiger partial charge in [0, 0.05) is 5.56 Å². The largest absolute Gasteiger partial charge is 0.203 e. The SMILES string of the molecule is C#Cc1ccc(-c2c(F)c(F)c(F)c(F)c2F)cc1. The van der Waals surface area contributed by atoms with Crippen LogP contribution in [0.15, 0.2) is 24.3 Å². The molecule has 0 N–H and O–H groups in total. The van der Waals surface area contributed by atoms with E-state index in [-0.39, 0.29) is 5.56 Å². The van der Waals surface area contributed by atoms with Crippen LogP contribution in [0.5, 0.6) is 0 Å². The van der Waals surface area contributed by atoms with Gasteiger partial charge in [-0.25, -0.2) is 22.0 Å². The molecule has 0 aliphatic heterocycles. The van der Waals surface area contributed by atoms with Gasteiger partial charge >= 0.3 is 0 Å². The molecular formula is C14H5F5. The van der Waals surface area contributed by atoms with Crippen molar-refractivity contribution in [3.05, 3.63) is 58.9 Å². The zero-order valence-electron chi connectivity index (χ0n) is 9.28. The summed E-state index contributed by atoms with van der Waals surface area (Å²) < 4.78 is 66.0. The maximum Gasteiger partial charge on any atom is 0.200 e. The number of rotatable bonds is 1. The van der Waals surface area contributed by atoms with E-state index in [1.165, 1.54) is 24.3 Å². The van der Waals surface area contributed by atoms with E-state index < -0.39 is 34.6 Å². The topological polar surface area (TPSA) is 0 Å². The minimum absolute atomic E-state index is 0.146. The molecule has 0 fully saturated rings. The molecule has 0 spiro atoms. The molecule has 0 aliphatic rings. The monoisotopic (exact) mass is 268 g/mol. The molecule has 0 aromatic heterocycles. The Kier molecular flexibility index (Phi) is 3.26. The van der Waals surface area contributed by atoms with Crippen molar-refractivity contribution < 1.29 is 22.0 Å². The summed E-state index contributed by atoms with van der Waals surface area (Å²) in [4.78, 5) is 0. The van der Waals surface area contributed by atoms with Gasteiger partial charge in [-0.3, -0.25) is 0 Å². The quantitative estimate of drug-likeness (QED) is 0.317. The molecule has 0 bridgehead atoms. The molecule has 0 saturated heterocycles. The molecule has 0 nitrogen and oxygen atoms in total. The molecule has 0 unspecified atom stereocenters. The highest BCUT2D eigenvalue weighted by Gasteiger charge is 2.26. The van der Waals surface area contributed by atoms with Crippen LogP contribution < -0.4 is 0 Å². The Morgan fingerprint density at radius 1 is 0.684 bits per heavy atom. The molecule has 96 valence electrons. The highest BCUT2D eigenvalue weighted by Crippen LogP contribution is 2.31. The van der Waals surface area contributed by atoms with E-state index in [4.69, 9.17) is 6.42 Å². The summed E-state index contributed by atoms with van der Waals surface area (Å²) in [5.41, 5.74) is -0.695. The third kappa shape index (κ3) is 2.06. The predicted octanol–water partition coefficient (Wildman–Crippen LogP) is 4.03. The van der Waals surface area contributed by atoms with Crippen LogP contribution in [-0.4, -0.2) is 0 Å². The van der Waals surface area contributed by atoms with E-state index >= 15 is 0 Å². The van der Waals surface area contributed by atoms with Crippen LogP contribution in [0.25, 0.3) is 11.1 Å². The number of terminal acetylenes is 1. The lowest BCUT2D eigenvalue weighted by Gasteiger charge is -2.08. The van der Waals surface area contributed by atoms with Crippen molar-refractivity contribution in [1.82, 2.24) is 0 Å². The van der Waals surface area contributed by atoms with E-state index in [1.54, 1.807) is 0 Å². The summed E-state index contributed by atoms with van der Waals surface area (Å²) in [5.74, 6) is -7.61. The van der Waals surface area contributed by atoms with Crippen molar-refractivity contribution in [2.75, 3.05) is 0 Å². The fraction of sp³-hybridized carbons (Fsp3) is 0. The first-order valence-corrected chi connectivity index (χ1v) is 5.05. The van der Waals surface area contributed by atoms with Gasteiger partial charge in [-0.05, 0) is 17.7 Å². The summed E-state index contributed by atoms with van der Waals surface area (Å²) >= 11 is 0. The lowest BCUT2D eigenvalue weighted by molar-refractivity contribution is 0.381. The lowest BCUT2D eigenvalue weighted by atomic mass is 10.0. The molecule has 0 radical (unpaired) electrons. The smallest absolute Gasteiger partial charge is 0.200 e. The highest BCUT2D eigenvalue weighted by atomic mass is 19.2. The van der Waals surface area contributed by atoms with Gasteiger partial charge in [0.05, 0.1) is 5.56 Å². The standard InChI is InChI=1S/C14H5F5/c1-2-7-3-5-8(6-4-7)9-10(15)12(17)14(19)13(18)11(9)16/h1,3-6H. The van der Waals surface area contributed by atoms with Crippen LogP contribution >= 0.6 is 0 Å². The molecule has 2 aromatic rings. The molecule has 2 aromatic carbocycles. The van der Waals surface area contributed by atoms with Gasteiger partial charge in [-0.15, -0.1) is 6.42 Å². The first kappa shape index (κ1) is 13.1. The third-order valence-electron chi connectivity index (χ3n) is 2.55. The van der Waals surface area contributed by atoms with Crippen LogP contribution in [0.2, 0.25) is 0 Å². The molecular weight excluding hydrogens is 263 g/mol. The average molecular weight is 268 g/mol. The molecule has 0 aliphatic carbocycles. The van der Waals surface area contributed by atoms with Gasteiger partial charge in [0.1, 0.15) is 0 Å². The van der Waals surface area contributed by atoms with Gasteiger partial charge in [0.15, 0.2) is 23.3 Å². The summed E-state index contributed by atoms with van der Waals surface area (Å²) in [7, 11) is 0. The van der Waals surface area contributed by atoms with Crippen molar-refractivity contribution in [2.45, 2.75) is 0 Å². The van der Waals surface area contributed by atoms with Crippen molar-refractivity contribution in [2.24, 2.45) is 0 Å². The summed E-state index contributed by atoms with van der Waals surface area (Å²) in [5, 5.41) is 0. The molecule has 0 amide bonds. The first-order chi connectivity index (χ1) is 8.97. The van der Waals surface area contributed by atoms with E-state index in [0.29, 0.717) is 5.56 Å². The van der Waals surface area contributed by atoms with Gasteiger partial charge in [-0.1, -0.05) is 18.1 Å². The maximum atomic E-state index is 13.5. The molecule has 2 rings (SSSR count). The van der Waals surface area contributed by atoms with E-state index in [2.05, 4.69) is 5.92 Å². The van der Waals surface area contributed by atoms with Crippen molar-refractivity contribution in [1.29, 1.82) is 0 Å². The first-order valence-electron chi connectivity index (χ1n) is 5.05. The van der Waals surface area contributed by atoms with Gasteiger partial charge in [0.2, 0.25) is 5.82 Å². The predicted molar refractivity (Wildman–Crippen MR) is 59.6 cm³/mol. The number of benzene rings is 2. The van der Waals surface area contributed by atoms with Crippen LogP contribution in [0.1, 0.15) is 5.56 Å². The van der Waals surface area contributed by atoms with Gasteiger partial charge < -0.3 is 0 Å². The second-order valence-electron chi connectivity index (χ2n) is 3.67. The van der Waals surface area contributed by atoms with Crippen molar-refractivity contribution in [3.8, 4) is 23.5 Å². The third-order valence-corrected chi connectivity index (χ3v) is 2.55. The normalized spacial score (nSPS) is 10.3. The molecule has 19 heavy (non-hydrogen) atoms. The second kappa shape index (κ2) is 4.73. The lowest BCUT2D eigenvalue weighted by Crippen LogP contribution is -2.03. The Morgan fingerprint density at radius 2 is 1.11 bits per heavy atom. The minimum atomic E-state index is -2.18. The van der Waals surface area contributed by atoms with Gasteiger partial charge in [0.25, 0.3) is 0 Å². The van der Waals surface area contributed by atoms with E-state index in [1.807, 2.05) is 0 Å². The number of hydrogen-bond donors (Lipinski definition) is 0. The van der Waals surface area contributed by atoms with Crippen molar-refractivity contribution in [3.63, 3.8) is 0 Å². The molecule has 0 saturated carbocycles. The Hall–Kier alpha value is -2.35. The van der Waals surface area contributed by atoms with Crippen LogP contribution in [0.4, 0.5) is 22.0 Å². The van der Waals surface area contributed by atoms with Crippen LogP contribution in [-0.2, 0) is 0 Å². The fourth-order valence-electron chi connectivity index (χ4n) is 1.59. The minimum Gasteiger partial charge on any atom is -0.203 e. The molecule has 5 heteroatoms. The Morgan fingerprint density at radius 3 is 1.53 bits per heavy atom. The average Bonchev–Trinajstić information content (AvgIpc) is 2.44. The number of hydrogen-bond acceptors (Lipinski definition) is 0. The second-order valence-corrected chi connectivity index (χ2v) is 3.67.